The van der Waals surface area contributed by atoms with Gasteiger partial charge in [-0.25, -0.2) is 8.42 Å². The summed E-state index contributed by atoms with van der Waals surface area (Å²) in [6.07, 6.45) is 1.80. The highest BCUT2D eigenvalue weighted by Gasteiger charge is 2.27. The lowest BCUT2D eigenvalue weighted by Crippen LogP contribution is -2.35. The molecule has 0 aliphatic rings. The number of aryl methyl sites for hydroxylation is 1. The number of hydrogen-bond acceptors (Lipinski definition) is 4. The average Bonchev–Trinajstić information content (AvgIpc) is 2.38. The minimum atomic E-state index is -3.63. The van der Waals surface area contributed by atoms with E-state index in [9.17, 15) is 8.42 Å². The van der Waals surface area contributed by atoms with Crippen molar-refractivity contribution < 1.29 is 17.3 Å². The van der Waals surface area contributed by atoms with Crippen molar-refractivity contribution in [2.75, 3.05) is 14.2 Å². The Balaban J connectivity index is 2.56. The van der Waals surface area contributed by atoms with Gasteiger partial charge in [0.15, 0.2) is 0 Å². The Morgan fingerprint density at radius 2 is 1.68 bits per heavy atom. The molecule has 0 amide bonds. The number of halogens is 1. The standard InChI is InChI=1S/C12H19ClO4SSi/c1-16-19(3,17-2)10-4-5-11-6-8-12(9-7-11)18(13,14)15/h6-9H,4-5,10H2,1-3H3. The van der Waals surface area contributed by atoms with Crippen LogP contribution in [0.4, 0.5) is 0 Å². The third-order valence-electron chi connectivity index (χ3n) is 3.16. The summed E-state index contributed by atoms with van der Waals surface area (Å²) in [6, 6.07) is 7.53. The molecule has 0 N–H and O–H groups in total. The van der Waals surface area contributed by atoms with Gasteiger partial charge in [0, 0.05) is 24.9 Å². The van der Waals surface area contributed by atoms with Crippen molar-refractivity contribution in [2.45, 2.75) is 30.3 Å². The minimum absolute atomic E-state index is 0.130. The Hall–Kier alpha value is -0.403. The van der Waals surface area contributed by atoms with E-state index in [-0.39, 0.29) is 4.90 Å². The second-order valence-corrected chi connectivity index (χ2v) is 10.6. The third kappa shape index (κ3) is 5.23. The van der Waals surface area contributed by atoms with Gasteiger partial charge in [-0.3, -0.25) is 0 Å². The van der Waals surface area contributed by atoms with Crippen LogP contribution in [0.5, 0.6) is 0 Å². The molecule has 0 saturated heterocycles. The molecule has 0 bridgehead atoms. The number of benzene rings is 1. The van der Waals surface area contributed by atoms with Crippen LogP contribution in [0, 0.1) is 0 Å². The maximum Gasteiger partial charge on any atom is 0.334 e. The summed E-state index contributed by atoms with van der Waals surface area (Å²) in [5, 5.41) is 0. The summed E-state index contributed by atoms with van der Waals surface area (Å²) < 4.78 is 33.0. The van der Waals surface area contributed by atoms with Gasteiger partial charge in [0.2, 0.25) is 0 Å². The van der Waals surface area contributed by atoms with Crippen molar-refractivity contribution in [3.05, 3.63) is 29.8 Å². The first-order valence-electron chi connectivity index (χ1n) is 5.94. The van der Waals surface area contributed by atoms with Crippen LogP contribution in [-0.2, 0) is 24.3 Å². The topological polar surface area (TPSA) is 52.6 Å². The summed E-state index contributed by atoms with van der Waals surface area (Å²) in [7, 11) is 2.97. The fourth-order valence-corrected chi connectivity index (χ4v) is 3.88. The smallest absolute Gasteiger partial charge is 0.334 e. The first kappa shape index (κ1) is 16.7. The van der Waals surface area contributed by atoms with E-state index in [2.05, 4.69) is 0 Å². The zero-order valence-electron chi connectivity index (χ0n) is 11.3. The van der Waals surface area contributed by atoms with Gasteiger partial charge in [0.25, 0.3) is 9.05 Å². The van der Waals surface area contributed by atoms with Crippen LogP contribution in [0.1, 0.15) is 12.0 Å². The fourth-order valence-electron chi connectivity index (χ4n) is 1.72. The zero-order valence-corrected chi connectivity index (χ0v) is 13.9. The predicted octanol–water partition coefficient (Wildman–Crippen LogP) is 2.91. The van der Waals surface area contributed by atoms with Crippen molar-refractivity contribution in [3.8, 4) is 0 Å². The molecular formula is C12H19ClO4SSi. The molecule has 108 valence electrons. The quantitative estimate of drug-likeness (QED) is 0.572. The molecule has 0 aromatic heterocycles. The van der Waals surface area contributed by atoms with Crippen LogP contribution in [0.3, 0.4) is 0 Å². The summed E-state index contributed by atoms with van der Waals surface area (Å²) in [5.74, 6) is 0. The second kappa shape index (κ2) is 6.85. The van der Waals surface area contributed by atoms with Gasteiger partial charge in [-0.2, -0.15) is 0 Å². The lowest BCUT2D eigenvalue weighted by Gasteiger charge is -2.22. The van der Waals surface area contributed by atoms with Gasteiger partial charge < -0.3 is 8.85 Å². The van der Waals surface area contributed by atoms with E-state index in [4.69, 9.17) is 19.5 Å². The zero-order chi connectivity index (χ0) is 14.5. The van der Waals surface area contributed by atoms with Gasteiger partial charge in [-0.15, -0.1) is 0 Å². The Morgan fingerprint density at radius 3 is 2.11 bits per heavy atom. The average molecular weight is 323 g/mol. The number of rotatable bonds is 7. The molecule has 4 nitrogen and oxygen atoms in total. The molecule has 0 saturated carbocycles. The monoisotopic (exact) mass is 322 g/mol. The maximum absolute atomic E-state index is 11.1. The lowest BCUT2D eigenvalue weighted by molar-refractivity contribution is 0.248. The molecule has 0 radical (unpaired) electrons. The normalized spacial score (nSPS) is 12.6. The molecule has 1 aromatic rings. The Kier molecular flexibility index (Phi) is 6.00. The molecule has 0 heterocycles. The molecule has 0 unspecified atom stereocenters. The van der Waals surface area contributed by atoms with Crippen LogP contribution < -0.4 is 0 Å². The van der Waals surface area contributed by atoms with E-state index in [1.54, 1.807) is 26.4 Å². The molecule has 1 aromatic carbocycles. The Labute approximate surface area is 120 Å². The van der Waals surface area contributed by atoms with Crippen LogP contribution in [0.15, 0.2) is 29.2 Å². The van der Waals surface area contributed by atoms with Crippen LogP contribution >= 0.6 is 10.7 Å². The highest BCUT2D eigenvalue weighted by atomic mass is 35.7. The van der Waals surface area contributed by atoms with Crippen molar-refractivity contribution in [1.82, 2.24) is 0 Å². The van der Waals surface area contributed by atoms with Gasteiger partial charge >= 0.3 is 8.56 Å². The van der Waals surface area contributed by atoms with Gasteiger partial charge in [0.1, 0.15) is 0 Å². The Morgan fingerprint density at radius 1 is 1.16 bits per heavy atom. The molecule has 0 atom stereocenters. The van der Waals surface area contributed by atoms with Gasteiger partial charge in [0.05, 0.1) is 4.90 Å². The molecule has 0 aliphatic carbocycles. The summed E-state index contributed by atoms with van der Waals surface area (Å²) in [6.45, 7) is 2.02. The number of hydrogen-bond donors (Lipinski definition) is 0. The summed E-state index contributed by atoms with van der Waals surface area (Å²) >= 11 is 0. The van der Waals surface area contributed by atoms with E-state index in [0.717, 1.165) is 24.4 Å². The molecule has 7 heteroatoms. The van der Waals surface area contributed by atoms with E-state index in [1.165, 1.54) is 12.1 Å². The highest BCUT2D eigenvalue weighted by Crippen LogP contribution is 2.19. The summed E-state index contributed by atoms with van der Waals surface area (Å²) in [4.78, 5) is 0.130. The van der Waals surface area contributed by atoms with Crippen molar-refractivity contribution in [1.29, 1.82) is 0 Å². The molecule has 19 heavy (non-hydrogen) atoms. The van der Waals surface area contributed by atoms with Crippen LogP contribution in [0.2, 0.25) is 12.6 Å². The minimum Gasteiger partial charge on any atom is -0.398 e. The molecule has 0 spiro atoms. The van der Waals surface area contributed by atoms with E-state index in [1.807, 2.05) is 6.55 Å². The molecule has 0 aliphatic heterocycles. The fraction of sp³-hybridized carbons (Fsp3) is 0.500. The van der Waals surface area contributed by atoms with Crippen LogP contribution in [-0.4, -0.2) is 31.2 Å². The first-order valence-corrected chi connectivity index (χ1v) is 10.8. The van der Waals surface area contributed by atoms with Crippen molar-refractivity contribution >= 4 is 28.3 Å². The predicted molar refractivity (Wildman–Crippen MR) is 78.2 cm³/mol. The van der Waals surface area contributed by atoms with Gasteiger partial charge in [-0.05, 0) is 43.1 Å². The second-order valence-electron chi connectivity index (χ2n) is 4.48. The molecular weight excluding hydrogens is 304 g/mol. The first-order chi connectivity index (χ1) is 8.80. The largest absolute Gasteiger partial charge is 0.398 e. The van der Waals surface area contributed by atoms with Crippen molar-refractivity contribution in [3.63, 3.8) is 0 Å². The van der Waals surface area contributed by atoms with E-state index < -0.39 is 17.6 Å². The lowest BCUT2D eigenvalue weighted by atomic mass is 10.1. The molecule has 0 fully saturated rings. The molecule has 1 rings (SSSR count). The van der Waals surface area contributed by atoms with Crippen molar-refractivity contribution in [2.24, 2.45) is 0 Å². The SMILES string of the molecule is CO[Si](C)(CCCc1ccc(S(=O)(=O)Cl)cc1)OC. The maximum atomic E-state index is 11.1. The Bertz CT molecular complexity index is 497. The van der Waals surface area contributed by atoms with Gasteiger partial charge in [-0.1, -0.05) is 12.1 Å². The van der Waals surface area contributed by atoms with E-state index in [0.29, 0.717) is 0 Å². The summed E-state index contributed by atoms with van der Waals surface area (Å²) in [5.41, 5.74) is 1.08. The van der Waals surface area contributed by atoms with Crippen LogP contribution in [0.25, 0.3) is 0 Å². The third-order valence-corrected chi connectivity index (χ3v) is 7.52. The highest BCUT2D eigenvalue weighted by molar-refractivity contribution is 8.13. The van der Waals surface area contributed by atoms with E-state index >= 15 is 0 Å².